The number of nitrogens with zero attached hydrogens (tertiary/aromatic N) is 3. The zero-order valence-corrected chi connectivity index (χ0v) is 17.7. The fraction of sp³-hybridized carbons (Fsp3) is 0.565. The van der Waals surface area contributed by atoms with Gasteiger partial charge < -0.3 is 15.0 Å². The third-order valence-electron chi connectivity index (χ3n) is 6.60. The molecule has 0 unspecified atom stereocenters. The molecular weight excluding hydrogens is 364 g/mol. The van der Waals surface area contributed by atoms with Crippen LogP contribution in [-0.2, 0) is 11.8 Å². The van der Waals surface area contributed by atoms with Gasteiger partial charge in [0.05, 0.1) is 23.5 Å². The molecule has 0 aliphatic carbocycles. The molecule has 2 fully saturated rings. The molecule has 0 radical (unpaired) electrons. The van der Waals surface area contributed by atoms with E-state index in [0.29, 0.717) is 11.6 Å². The summed E-state index contributed by atoms with van der Waals surface area (Å²) in [7, 11) is 1.87. The molecule has 1 spiro atoms. The van der Waals surface area contributed by atoms with Crippen LogP contribution in [0, 0.1) is 6.92 Å². The number of rotatable bonds is 4. The van der Waals surface area contributed by atoms with Crippen LogP contribution in [0.2, 0.25) is 0 Å². The summed E-state index contributed by atoms with van der Waals surface area (Å²) >= 11 is 0. The predicted molar refractivity (Wildman–Crippen MR) is 113 cm³/mol. The highest BCUT2D eigenvalue weighted by Crippen LogP contribution is 2.43. The first-order chi connectivity index (χ1) is 14.0. The molecule has 3 heterocycles. The topological polar surface area (TPSA) is 59.4 Å². The van der Waals surface area contributed by atoms with E-state index in [1.165, 1.54) is 5.56 Å². The van der Waals surface area contributed by atoms with Crippen LogP contribution in [0.1, 0.15) is 60.3 Å². The number of ether oxygens (including phenoxy) is 1. The van der Waals surface area contributed by atoms with Crippen LogP contribution < -0.4 is 5.32 Å². The van der Waals surface area contributed by atoms with Gasteiger partial charge in [-0.05, 0) is 44.7 Å². The number of piperidine rings is 1. The Hall–Kier alpha value is -2.18. The van der Waals surface area contributed by atoms with Crippen molar-refractivity contribution in [3.63, 3.8) is 0 Å². The Morgan fingerprint density at radius 1 is 1.28 bits per heavy atom. The van der Waals surface area contributed by atoms with E-state index in [2.05, 4.69) is 41.6 Å². The van der Waals surface area contributed by atoms with Crippen LogP contribution >= 0.6 is 0 Å². The number of hydrogen-bond donors (Lipinski definition) is 1. The summed E-state index contributed by atoms with van der Waals surface area (Å²) in [6.45, 7) is 6.53. The van der Waals surface area contributed by atoms with Crippen molar-refractivity contribution in [1.29, 1.82) is 0 Å². The van der Waals surface area contributed by atoms with Gasteiger partial charge in [-0.1, -0.05) is 37.3 Å². The minimum atomic E-state index is -0.160. The van der Waals surface area contributed by atoms with Crippen LogP contribution in [-0.4, -0.2) is 51.9 Å². The molecule has 2 aliphatic heterocycles. The molecule has 2 saturated heterocycles. The lowest BCUT2D eigenvalue weighted by molar-refractivity contribution is -0.160. The lowest BCUT2D eigenvalue weighted by atomic mass is 9.79. The largest absolute Gasteiger partial charge is 0.367 e. The summed E-state index contributed by atoms with van der Waals surface area (Å²) in [4.78, 5) is 14.9. The van der Waals surface area contributed by atoms with Gasteiger partial charge in [0.25, 0.3) is 5.91 Å². The smallest absolute Gasteiger partial charge is 0.257 e. The normalized spacial score (nSPS) is 24.0. The molecule has 0 saturated carbocycles. The number of carbonyl (C=O) groups is 1. The summed E-state index contributed by atoms with van der Waals surface area (Å²) in [6.07, 6.45) is 5.56. The standard InChI is InChI=1S/C23H32N4O2/c1-4-24-19-14-21(18-8-6-5-7-9-18)29-23(15-19)10-12-27(13-11-23)22(28)20-16-25-26(3)17(20)2/h5-9,16,19,21,24H,4,10-15H2,1-3H3/t19-,21-/m0/s1. The summed E-state index contributed by atoms with van der Waals surface area (Å²) in [6, 6.07) is 11.0. The van der Waals surface area contributed by atoms with Crippen LogP contribution in [0.3, 0.4) is 0 Å². The van der Waals surface area contributed by atoms with Crippen LogP contribution in [0.4, 0.5) is 0 Å². The van der Waals surface area contributed by atoms with Crippen molar-refractivity contribution >= 4 is 5.91 Å². The third kappa shape index (κ3) is 4.09. The van der Waals surface area contributed by atoms with Crippen molar-refractivity contribution < 1.29 is 9.53 Å². The minimum Gasteiger partial charge on any atom is -0.367 e. The molecule has 2 aromatic rings. The van der Waals surface area contributed by atoms with E-state index >= 15 is 0 Å². The van der Waals surface area contributed by atoms with Crippen molar-refractivity contribution in [3.05, 3.63) is 53.3 Å². The molecule has 2 aliphatic rings. The minimum absolute atomic E-state index is 0.0871. The van der Waals surface area contributed by atoms with Gasteiger partial charge in [0.1, 0.15) is 0 Å². The van der Waals surface area contributed by atoms with E-state index in [9.17, 15) is 4.79 Å². The Bertz CT molecular complexity index is 840. The van der Waals surface area contributed by atoms with Crippen LogP contribution in [0.25, 0.3) is 0 Å². The molecule has 1 N–H and O–H groups in total. The molecule has 6 nitrogen and oxygen atoms in total. The Kier molecular flexibility index (Phi) is 5.74. The predicted octanol–water partition coefficient (Wildman–Crippen LogP) is 3.23. The average molecular weight is 397 g/mol. The van der Waals surface area contributed by atoms with Gasteiger partial charge in [0.2, 0.25) is 0 Å². The molecule has 0 bridgehead atoms. The lowest BCUT2D eigenvalue weighted by Gasteiger charge is -2.49. The van der Waals surface area contributed by atoms with E-state index in [1.807, 2.05) is 24.9 Å². The first-order valence-corrected chi connectivity index (χ1v) is 10.8. The third-order valence-corrected chi connectivity index (χ3v) is 6.60. The number of benzene rings is 1. The molecule has 4 rings (SSSR count). The fourth-order valence-electron chi connectivity index (χ4n) is 4.82. The molecular formula is C23H32N4O2. The quantitative estimate of drug-likeness (QED) is 0.862. The summed E-state index contributed by atoms with van der Waals surface area (Å²) in [5, 5.41) is 7.88. The molecule has 6 heteroatoms. The van der Waals surface area contributed by atoms with Crippen molar-refractivity contribution in [3.8, 4) is 0 Å². The number of aryl methyl sites for hydroxylation is 1. The van der Waals surface area contributed by atoms with E-state index in [1.54, 1.807) is 10.9 Å². The van der Waals surface area contributed by atoms with Gasteiger partial charge >= 0.3 is 0 Å². The number of nitrogens with one attached hydrogen (secondary N) is 1. The van der Waals surface area contributed by atoms with E-state index in [4.69, 9.17) is 4.74 Å². The number of aromatic nitrogens is 2. The Labute approximate surface area is 173 Å². The SMILES string of the molecule is CCN[C@H]1C[C@@H](c2ccccc2)OC2(CCN(C(=O)c3cnn(C)c3C)CC2)C1. The van der Waals surface area contributed by atoms with Gasteiger partial charge in [-0.3, -0.25) is 9.48 Å². The van der Waals surface area contributed by atoms with Crippen LogP contribution in [0.15, 0.2) is 36.5 Å². The molecule has 2 atom stereocenters. The molecule has 1 amide bonds. The molecule has 1 aromatic heterocycles. The van der Waals surface area contributed by atoms with Gasteiger partial charge in [0.15, 0.2) is 0 Å². The first kappa shape index (κ1) is 20.1. The molecule has 156 valence electrons. The Balaban J connectivity index is 1.48. The van der Waals surface area contributed by atoms with Crippen molar-refractivity contribution in [2.75, 3.05) is 19.6 Å². The number of amides is 1. The van der Waals surface area contributed by atoms with E-state index in [0.717, 1.165) is 51.0 Å². The van der Waals surface area contributed by atoms with Gasteiger partial charge in [-0.25, -0.2) is 0 Å². The summed E-state index contributed by atoms with van der Waals surface area (Å²) in [5.74, 6) is 0.0871. The summed E-state index contributed by atoms with van der Waals surface area (Å²) in [5.41, 5.74) is 2.71. The maximum absolute atomic E-state index is 13.0. The van der Waals surface area contributed by atoms with Crippen molar-refractivity contribution in [2.45, 2.75) is 57.3 Å². The van der Waals surface area contributed by atoms with E-state index in [-0.39, 0.29) is 17.6 Å². The second kappa shape index (κ2) is 8.28. The Morgan fingerprint density at radius 3 is 2.62 bits per heavy atom. The molecule has 1 aromatic carbocycles. The number of carbonyl (C=O) groups excluding carboxylic acids is 1. The zero-order chi connectivity index (χ0) is 20.4. The maximum Gasteiger partial charge on any atom is 0.257 e. The van der Waals surface area contributed by atoms with Crippen molar-refractivity contribution in [1.82, 2.24) is 20.0 Å². The average Bonchev–Trinajstić information content (AvgIpc) is 3.07. The number of hydrogen-bond acceptors (Lipinski definition) is 4. The highest BCUT2D eigenvalue weighted by molar-refractivity contribution is 5.95. The van der Waals surface area contributed by atoms with Gasteiger partial charge in [-0.2, -0.15) is 5.10 Å². The summed E-state index contributed by atoms with van der Waals surface area (Å²) < 4.78 is 8.50. The fourth-order valence-corrected chi connectivity index (χ4v) is 4.82. The molecule has 29 heavy (non-hydrogen) atoms. The Morgan fingerprint density at radius 2 is 2.00 bits per heavy atom. The number of likely N-dealkylation sites (tertiary alicyclic amines) is 1. The zero-order valence-electron chi connectivity index (χ0n) is 17.7. The van der Waals surface area contributed by atoms with E-state index < -0.39 is 0 Å². The lowest BCUT2D eigenvalue weighted by Crippen LogP contribution is -2.54. The second-order valence-electron chi connectivity index (χ2n) is 8.45. The maximum atomic E-state index is 13.0. The second-order valence-corrected chi connectivity index (χ2v) is 8.45. The van der Waals surface area contributed by atoms with Gasteiger partial charge in [0, 0.05) is 31.9 Å². The highest BCUT2D eigenvalue weighted by atomic mass is 16.5. The van der Waals surface area contributed by atoms with Crippen LogP contribution in [0.5, 0.6) is 0 Å². The monoisotopic (exact) mass is 396 g/mol. The first-order valence-electron chi connectivity index (χ1n) is 10.8. The highest BCUT2D eigenvalue weighted by Gasteiger charge is 2.44. The van der Waals surface area contributed by atoms with Gasteiger partial charge in [-0.15, -0.1) is 0 Å². The van der Waals surface area contributed by atoms with Crippen molar-refractivity contribution in [2.24, 2.45) is 7.05 Å².